The summed E-state index contributed by atoms with van der Waals surface area (Å²) in [5.41, 5.74) is 4.23. The van der Waals surface area contributed by atoms with E-state index in [1.807, 2.05) is 12.1 Å². The van der Waals surface area contributed by atoms with Gasteiger partial charge in [-0.05, 0) is 71.1 Å². The van der Waals surface area contributed by atoms with Gasteiger partial charge in [-0.3, -0.25) is 9.78 Å². The van der Waals surface area contributed by atoms with Gasteiger partial charge in [0.25, 0.3) is 5.91 Å². The number of halogens is 4. The predicted molar refractivity (Wildman–Crippen MR) is 162 cm³/mol. The number of rotatable bonds is 7. The minimum atomic E-state index is -0.666. The van der Waals surface area contributed by atoms with Gasteiger partial charge in [0, 0.05) is 56.8 Å². The van der Waals surface area contributed by atoms with Gasteiger partial charge in [-0.2, -0.15) is 0 Å². The summed E-state index contributed by atoms with van der Waals surface area (Å²) in [6, 6.07) is 10.6. The molecular weight excluding hydrogens is 634 g/mol. The van der Waals surface area contributed by atoms with Crippen LogP contribution in [0.1, 0.15) is 53.2 Å². The average Bonchev–Trinajstić information content (AvgIpc) is 3.72. The molecule has 2 aliphatic rings. The zero-order valence-corrected chi connectivity index (χ0v) is 25.5. The third-order valence-electron chi connectivity index (χ3n) is 7.54. The van der Waals surface area contributed by atoms with Gasteiger partial charge in [0.15, 0.2) is 5.82 Å². The van der Waals surface area contributed by atoms with Crippen molar-refractivity contribution in [2.45, 2.75) is 31.6 Å². The van der Waals surface area contributed by atoms with Crippen molar-refractivity contribution in [1.29, 1.82) is 0 Å². The molecular formula is C30H28BrCl2FN4O3. The Bertz CT molecular complexity index is 1640. The monoisotopic (exact) mass is 660 g/mol. The van der Waals surface area contributed by atoms with Crippen LogP contribution in [0.25, 0.3) is 22.2 Å². The molecule has 0 radical (unpaired) electrons. The smallest absolute Gasteiger partial charge is 0.251 e. The minimum absolute atomic E-state index is 0. The molecule has 3 heterocycles. The highest BCUT2D eigenvalue weighted by molar-refractivity contribution is 9.10. The molecule has 0 bridgehead atoms. The fraction of sp³-hybridized carbons (Fsp3) is 0.300. The Labute approximate surface area is 255 Å². The number of methoxy groups -OCH3 is 1. The average molecular weight is 662 g/mol. The summed E-state index contributed by atoms with van der Waals surface area (Å²) < 4.78 is 26.5. The van der Waals surface area contributed by atoms with Gasteiger partial charge in [0.1, 0.15) is 22.7 Å². The largest absolute Gasteiger partial charge is 0.494 e. The minimum Gasteiger partial charge on any atom is -0.494 e. The molecule has 0 saturated heterocycles. The van der Waals surface area contributed by atoms with E-state index in [9.17, 15) is 9.18 Å². The van der Waals surface area contributed by atoms with Gasteiger partial charge in [-0.25, -0.2) is 9.37 Å². The number of nitrogens with zero attached hydrogens (tertiary/aromatic N) is 2. The molecule has 2 atom stereocenters. The van der Waals surface area contributed by atoms with Gasteiger partial charge in [0.05, 0.1) is 23.8 Å². The second-order valence-electron chi connectivity index (χ2n) is 10.3. The number of carbonyl (C=O) groups is 1. The molecule has 2 aromatic carbocycles. The van der Waals surface area contributed by atoms with Crippen molar-refractivity contribution in [1.82, 2.24) is 21.4 Å². The molecule has 2 unspecified atom stereocenters. The maximum absolute atomic E-state index is 14.2. The first-order valence-electron chi connectivity index (χ1n) is 13.0. The predicted octanol–water partition coefficient (Wildman–Crippen LogP) is 8.10. The van der Waals surface area contributed by atoms with Gasteiger partial charge < -0.3 is 20.9 Å². The van der Waals surface area contributed by atoms with Crippen LogP contribution >= 0.6 is 39.1 Å². The Morgan fingerprint density at radius 2 is 1.93 bits per heavy atom. The quantitative estimate of drug-likeness (QED) is 0.194. The number of nitrogens with one attached hydrogen (secondary N) is 1. The number of hydrogen-bond donors (Lipinski definition) is 2. The van der Waals surface area contributed by atoms with E-state index in [-0.39, 0.29) is 33.9 Å². The maximum atomic E-state index is 14.2. The van der Waals surface area contributed by atoms with Gasteiger partial charge in [-0.15, -0.1) is 0 Å². The van der Waals surface area contributed by atoms with Crippen molar-refractivity contribution in [3.63, 3.8) is 0 Å². The number of aromatic nitrogens is 2. The molecule has 11 heteroatoms. The Balaban J connectivity index is 0.00000337. The van der Waals surface area contributed by atoms with E-state index in [0.717, 1.165) is 34.0 Å². The third-order valence-corrected chi connectivity index (χ3v) is 8.52. The Kier molecular flexibility index (Phi) is 8.43. The highest BCUT2D eigenvalue weighted by atomic mass is 79.9. The fourth-order valence-corrected chi connectivity index (χ4v) is 6.10. The molecule has 1 saturated carbocycles. The summed E-state index contributed by atoms with van der Waals surface area (Å²) >= 11 is 15.7. The third kappa shape index (κ3) is 5.73. The first-order chi connectivity index (χ1) is 19.2. The molecule has 1 amide bonds. The van der Waals surface area contributed by atoms with E-state index in [1.54, 1.807) is 19.4 Å². The summed E-state index contributed by atoms with van der Waals surface area (Å²) in [6.07, 6.45) is 3.80. The lowest BCUT2D eigenvalue weighted by molar-refractivity contribution is 0.0950. The molecule has 4 N–H and O–H groups in total. The van der Waals surface area contributed by atoms with Crippen molar-refractivity contribution < 1.29 is 18.7 Å². The summed E-state index contributed by atoms with van der Waals surface area (Å²) in [6.45, 7) is 3.03. The van der Waals surface area contributed by atoms with E-state index >= 15 is 0 Å². The number of pyridine rings is 2. The first-order valence-corrected chi connectivity index (χ1v) is 14.5. The van der Waals surface area contributed by atoms with Crippen LogP contribution in [-0.2, 0) is 0 Å². The van der Waals surface area contributed by atoms with Crippen molar-refractivity contribution in [2.75, 3.05) is 20.3 Å². The van der Waals surface area contributed by atoms with Gasteiger partial charge >= 0.3 is 0 Å². The highest BCUT2D eigenvalue weighted by Crippen LogP contribution is 2.47. The molecule has 1 aliphatic heterocycles. The van der Waals surface area contributed by atoms with Crippen LogP contribution in [0.5, 0.6) is 11.5 Å². The summed E-state index contributed by atoms with van der Waals surface area (Å²) in [5.74, 6) is 0.867. The van der Waals surface area contributed by atoms with Gasteiger partial charge in [0.2, 0.25) is 0 Å². The molecule has 6 rings (SSSR count). The van der Waals surface area contributed by atoms with E-state index in [4.69, 9.17) is 37.7 Å². The zero-order valence-electron chi connectivity index (χ0n) is 22.4. The zero-order chi connectivity index (χ0) is 28.1. The second kappa shape index (κ2) is 11.7. The number of amides is 1. The molecule has 1 aliphatic carbocycles. The molecule has 7 nitrogen and oxygen atoms in total. The van der Waals surface area contributed by atoms with Crippen molar-refractivity contribution in [3.05, 3.63) is 79.8 Å². The molecule has 1 fully saturated rings. The van der Waals surface area contributed by atoms with Crippen LogP contribution in [0.15, 0.2) is 47.1 Å². The van der Waals surface area contributed by atoms with Crippen LogP contribution in [0, 0.1) is 11.7 Å². The lowest BCUT2D eigenvalue weighted by Crippen LogP contribution is -2.29. The lowest BCUT2D eigenvalue weighted by Gasteiger charge is -2.20. The Morgan fingerprint density at radius 3 is 2.61 bits per heavy atom. The molecule has 41 heavy (non-hydrogen) atoms. The normalized spacial score (nSPS) is 16.5. The SMILES string of the molecule is COc1cc(C(=O)NCC(c2cc3c(c(-c4cc(Cl)c(F)c(Cl)c4)n2)OCC3C)C2CC2)cc2cc(Br)cnc12.N. The van der Waals surface area contributed by atoms with Crippen molar-refractivity contribution in [2.24, 2.45) is 5.92 Å². The summed E-state index contributed by atoms with van der Waals surface area (Å²) in [5, 5.41) is 3.77. The van der Waals surface area contributed by atoms with Crippen molar-refractivity contribution >= 4 is 55.9 Å². The topological polar surface area (TPSA) is 108 Å². The van der Waals surface area contributed by atoms with Crippen molar-refractivity contribution in [3.8, 4) is 22.8 Å². The fourth-order valence-electron chi connectivity index (χ4n) is 5.26. The van der Waals surface area contributed by atoms with Crippen LogP contribution in [-0.4, -0.2) is 36.1 Å². The second-order valence-corrected chi connectivity index (χ2v) is 12.1. The molecule has 2 aromatic heterocycles. The summed E-state index contributed by atoms with van der Waals surface area (Å²) in [7, 11) is 1.56. The van der Waals surface area contributed by atoms with E-state index in [1.165, 1.54) is 12.1 Å². The number of ether oxygens (including phenoxy) is 2. The number of benzene rings is 2. The highest BCUT2D eigenvalue weighted by Gasteiger charge is 2.36. The summed E-state index contributed by atoms with van der Waals surface area (Å²) in [4.78, 5) is 22.8. The molecule has 214 valence electrons. The van der Waals surface area contributed by atoms with E-state index in [0.29, 0.717) is 52.9 Å². The Morgan fingerprint density at radius 1 is 1.20 bits per heavy atom. The Hall–Kier alpha value is -2.98. The van der Waals surface area contributed by atoms with Crippen LogP contribution in [0.2, 0.25) is 10.0 Å². The van der Waals surface area contributed by atoms with Crippen LogP contribution < -0.4 is 20.9 Å². The van der Waals surface area contributed by atoms with Crippen LogP contribution in [0.4, 0.5) is 4.39 Å². The maximum Gasteiger partial charge on any atom is 0.251 e. The number of hydrogen-bond acceptors (Lipinski definition) is 6. The standard InChI is InChI=1S/C30H25BrCl2FN3O3.H3N/c1-14-13-40-29-20(14)10-24(37-28(29)17-7-22(32)26(34)23(33)8-17)21(15-3-4-15)12-36-30(38)18-5-16-6-19(31)11-35-27(16)25(9-18)39-2;/h5-11,14-15,21H,3-4,12-13H2,1-2H3,(H,36,38);1H3. The van der Waals surface area contributed by atoms with E-state index < -0.39 is 5.82 Å². The molecule has 4 aromatic rings. The molecule has 0 spiro atoms. The lowest BCUT2D eigenvalue weighted by atomic mass is 9.93. The van der Waals surface area contributed by atoms with E-state index in [2.05, 4.69) is 39.2 Å². The number of fused-ring (bicyclic) bond motifs is 2. The number of carbonyl (C=O) groups excluding carboxylic acids is 1. The van der Waals surface area contributed by atoms with Crippen LogP contribution in [0.3, 0.4) is 0 Å². The van der Waals surface area contributed by atoms with Gasteiger partial charge in [-0.1, -0.05) is 30.1 Å². The first kappa shape index (κ1) is 29.5.